The van der Waals surface area contributed by atoms with E-state index in [0.717, 1.165) is 28.6 Å². The van der Waals surface area contributed by atoms with Crippen molar-refractivity contribution < 1.29 is 0 Å². The molecule has 1 heterocycles. The highest BCUT2D eigenvalue weighted by Crippen LogP contribution is 2.36. The van der Waals surface area contributed by atoms with Gasteiger partial charge in [0, 0.05) is 16.3 Å². The van der Waals surface area contributed by atoms with Crippen LogP contribution in [-0.2, 0) is 6.42 Å². The van der Waals surface area contributed by atoms with E-state index in [1.807, 2.05) is 42.5 Å². The van der Waals surface area contributed by atoms with Crippen molar-refractivity contribution in [3.8, 4) is 6.07 Å². The van der Waals surface area contributed by atoms with Gasteiger partial charge in [0.15, 0.2) is 0 Å². The summed E-state index contributed by atoms with van der Waals surface area (Å²) in [6.45, 7) is 0. The topological polar surface area (TPSA) is 39.6 Å². The lowest BCUT2D eigenvalue weighted by atomic mass is 9.88. The molecule has 0 saturated carbocycles. The average Bonchev–Trinajstić information content (AvgIpc) is 3.17. The number of rotatable bonds is 4. The van der Waals surface area contributed by atoms with Gasteiger partial charge in [-0.05, 0) is 34.7 Å². The summed E-state index contributed by atoms with van der Waals surface area (Å²) in [4.78, 5) is 3.61. The maximum absolute atomic E-state index is 10.0. The maximum Gasteiger partial charge on any atom is 0.0982 e. The highest BCUT2D eigenvalue weighted by atomic mass is 14.7. The summed E-state index contributed by atoms with van der Waals surface area (Å²) in [5.74, 6) is -0.308. The van der Waals surface area contributed by atoms with Gasteiger partial charge in [-0.25, -0.2) is 0 Å². The molecule has 0 radical (unpaired) electrons. The Hall–Kier alpha value is -3.83. The maximum atomic E-state index is 10.0. The molecule has 5 aromatic rings. The second-order valence-electron chi connectivity index (χ2n) is 7.37. The second-order valence-corrected chi connectivity index (χ2v) is 7.37. The molecule has 1 atom stereocenters. The average molecular weight is 372 g/mol. The molecule has 1 N–H and O–H groups in total. The molecular weight excluding hydrogens is 352 g/mol. The summed E-state index contributed by atoms with van der Waals surface area (Å²) in [6, 6.07) is 35.8. The summed E-state index contributed by atoms with van der Waals surface area (Å²) in [6.07, 6.45) is 0.863. The Balaban J connectivity index is 1.75. The quantitative estimate of drug-likeness (QED) is 0.381. The Morgan fingerprint density at radius 1 is 0.759 bits per heavy atom. The van der Waals surface area contributed by atoms with E-state index in [4.69, 9.17) is 0 Å². The first-order valence-corrected chi connectivity index (χ1v) is 9.86. The molecule has 4 aromatic carbocycles. The smallest absolute Gasteiger partial charge is 0.0982 e. The Labute approximate surface area is 170 Å². The van der Waals surface area contributed by atoms with Crippen molar-refractivity contribution in [2.75, 3.05) is 0 Å². The molecule has 0 amide bonds. The molecule has 0 fully saturated rings. The summed E-state index contributed by atoms with van der Waals surface area (Å²) in [7, 11) is 0. The van der Waals surface area contributed by atoms with Crippen molar-refractivity contribution in [2.45, 2.75) is 12.3 Å². The summed E-state index contributed by atoms with van der Waals surface area (Å²) in [5.41, 5.74) is 6.78. The monoisotopic (exact) mass is 372 g/mol. The van der Waals surface area contributed by atoms with Crippen LogP contribution in [0.2, 0.25) is 0 Å². The zero-order valence-corrected chi connectivity index (χ0v) is 16.0. The van der Waals surface area contributed by atoms with Crippen LogP contribution < -0.4 is 0 Å². The van der Waals surface area contributed by atoms with Crippen LogP contribution in [0.4, 0.5) is 0 Å². The molecular formula is C27H20N2. The van der Waals surface area contributed by atoms with Crippen LogP contribution >= 0.6 is 0 Å². The van der Waals surface area contributed by atoms with Gasteiger partial charge in [-0.2, -0.15) is 5.26 Å². The summed E-state index contributed by atoms with van der Waals surface area (Å²) >= 11 is 0. The van der Waals surface area contributed by atoms with E-state index in [-0.39, 0.29) is 5.92 Å². The lowest BCUT2D eigenvalue weighted by Crippen LogP contribution is -2.00. The minimum atomic E-state index is -0.308. The van der Waals surface area contributed by atoms with Gasteiger partial charge in [0.2, 0.25) is 0 Å². The minimum absolute atomic E-state index is 0.308. The van der Waals surface area contributed by atoms with Crippen LogP contribution in [0.1, 0.15) is 28.2 Å². The summed E-state index contributed by atoms with van der Waals surface area (Å²) in [5, 5.41) is 12.4. The van der Waals surface area contributed by atoms with Gasteiger partial charge in [0.25, 0.3) is 0 Å². The predicted molar refractivity (Wildman–Crippen MR) is 119 cm³/mol. The van der Waals surface area contributed by atoms with Crippen LogP contribution in [0, 0.1) is 11.3 Å². The highest BCUT2D eigenvalue weighted by Gasteiger charge is 2.20. The molecule has 1 aromatic heterocycles. The van der Waals surface area contributed by atoms with E-state index in [9.17, 15) is 5.26 Å². The Bertz CT molecular complexity index is 1330. The molecule has 5 rings (SSSR count). The second kappa shape index (κ2) is 7.30. The SMILES string of the molecule is N#CC(c1ccccc1)c1ccc(Cc2ccccc2)c2c1[nH]c1ccccc12. The van der Waals surface area contributed by atoms with E-state index in [0.29, 0.717) is 0 Å². The van der Waals surface area contributed by atoms with Gasteiger partial charge in [-0.1, -0.05) is 91.0 Å². The largest absolute Gasteiger partial charge is 0.354 e. The molecule has 2 nitrogen and oxygen atoms in total. The normalized spacial score (nSPS) is 12.1. The number of nitrogens with one attached hydrogen (secondary N) is 1. The molecule has 138 valence electrons. The van der Waals surface area contributed by atoms with Crippen LogP contribution in [0.5, 0.6) is 0 Å². The molecule has 0 aliphatic rings. The Morgan fingerprint density at radius 2 is 1.45 bits per heavy atom. The molecule has 0 aliphatic carbocycles. The number of aromatic amines is 1. The van der Waals surface area contributed by atoms with Crippen molar-refractivity contribution in [1.29, 1.82) is 5.26 Å². The zero-order chi connectivity index (χ0) is 19.6. The lowest BCUT2D eigenvalue weighted by molar-refractivity contribution is 1.04. The van der Waals surface area contributed by atoms with Gasteiger partial charge in [0.05, 0.1) is 17.5 Å². The van der Waals surface area contributed by atoms with E-state index in [1.165, 1.54) is 21.9 Å². The number of hydrogen-bond donors (Lipinski definition) is 1. The van der Waals surface area contributed by atoms with Gasteiger partial charge in [0.1, 0.15) is 0 Å². The number of benzene rings is 4. The predicted octanol–water partition coefficient (Wildman–Crippen LogP) is 6.57. The molecule has 0 aliphatic heterocycles. The number of fused-ring (bicyclic) bond motifs is 3. The molecule has 0 spiro atoms. The molecule has 29 heavy (non-hydrogen) atoms. The van der Waals surface area contributed by atoms with Crippen molar-refractivity contribution in [3.63, 3.8) is 0 Å². The minimum Gasteiger partial charge on any atom is -0.354 e. The van der Waals surface area contributed by atoms with Crippen LogP contribution in [0.25, 0.3) is 21.8 Å². The first-order valence-electron chi connectivity index (χ1n) is 9.86. The number of H-pyrrole nitrogens is 1. The van der Waals surface area contributed by atoms with E-state index in [2.05, 4.69) is 65.7 Å². The van der Waals surface area contributed by atoms with Crippen LogP contribution in [0.3, 0.4) is 0 Å². The number of aromatic nitrogens is 1. The van der Waals surface area contributed by atoms with E-state index >= 15 is 0 Å². The van der Waals surface area contributed by atoms with Crippen molar-refractivity contribution >= 4 is 21.8 Å². The number of para-hydroxylation sites is 1. The van der Waals surface area contributed by atoms with Gasteiger partial charge >= 0.3 is 0 Å². The molecule has 0 saturated heterocycles. The van der Waals surface area contributed by atoms with Crippen molar-refractivity contribution in [1.82, 2.24) is 4.98 Å². The summed E-state index contributed by atoms with van der Waals surface area (Å²) < 4.78 is 0. The fourth-order valence-electron chi connectivity index (χ4n) is 4.22. The number of hydrogen-bond acceptors (Lipinski definition) is 1. The third-order valence-electron chi connectivity index (χ3n) is 5.59. The standard InChI is InChI=1S/C27H20N2/c28-18-24(20-11-5-2-6-12-20)22-16-15-21(17-19-9-3-1-4-10-19)26-23-13-7-8-14-25(23)29-27(22)26/h1-16,24,29H,17H2. The molecule has 1 unspecified atom stereocenters. The lowest BCUT2D eigenvalue weighted by Gasteiger charge is -2.14. The van der Waals surface area contributed by atoms with Crippen molar-refractivity contribution in [2.24, 2.45) is 0 Å². The fourth-order valence-corrected chi connectivity index (χ4v) is 4.22. The van der Waals surface area contributed by atoms with Gasteiger partial charge in [-0.15, -0.1) is 0 Å². The number of nitrogens with zero attached hydrogens (tertiary/aromatic N) is 1. The van der Waals surface area contributed by atoms with Crippen molar-refractivity contribution in [3.05, 3.63) is 119 Å². The first-order chi connectivity index (χ1) is 14.3. The zero-order valence-electron chi connectivity index (χ0n) is 16.0. The third-order valence-corrected chi connectivity index (χ3v) is 5.59. The van der Waals surface area contributed by atoms with Gasteiger partial charge in [-0.3, -0.25) is 0 Å². The van der Waals surface area contributed by atoms with Crippen LogP contribution in [0.15, 0.2) is 97.1 Å². The third kappa shape index (κ3) is 3.07. The number of nitriles is 1. The molecule has 0 bridgehead atoms. The Morgan fingerprint density at radius 3 is 2.21 bits per heavy atom. The van der Waals surface area contributed by atoms with E-state index in [1.54, 1.807) is 0 Å². The Kier molecular flexibility index (Phi) is 4.35. The highest BCUT2D eigenvalue weighted by molar-refractivity contribution is 6.10. The molecule has 2 heteroatoms. The fraction of sp³-hybridized carbons (Fsp3) is 0.0741. The van der Waals surface area contributed by atoms with Gasteiger partial charge < -0.3 is 4.98 Å². The van der Waals surface area contributed by atoms with E-state index < -0.39 is 0 Å². The first kappa shape index (κ1) is 17.3. The van der Waals surface area contributed by atoms with Crippen LogP contribution in [-0.4, -0.2) is 4.98 Å².